The summed E-state index contributed by atoms with van der Waals surface area (Å²) in [6.07, 6.45) is 0.687. The molecule has 3 N–H and O–H groups in total. The zero-order valence-corrected chi connectivity index (χ0v) is 13.2. The third kappa shape index (κ3) is 3.59. The molecule has 5 nitrogen and oxygen atoms in total. The highest BCUT2D eigenvalue weighted by atomic mass is 32.1. The molecular weight excluding hydrogens is 286 g/mol. The maximum absolute atomic E-state index is 11.8. The number of rotatable bonds is 5. The van der Waals surface area contributed by atoms with Gasteiger partial charge in [0.2, 0.25) is 0 Å². The standard InChI is InChI=1S/C15H19N3O2S/c1-9(2)13-14(15(19)18-16)21-12(17-13)8-10-4-6-11(20-3)7-5-10/h4-7,9H,8,16H2,1-3H3,(H,18,19). The fraction of sp³-hybridized carbons (Fsp3) is 0.333. The summed E-state index contributed by atoms with van der Waals surface area (Å²) in [5.74, 6) is 5.95. The van der Waals surface area contributed by atoms with Crippen molar-refractivity contribution in [3.05, 3.63) is 45.4 Å². The number of nitrogens with two attached hydrogens (primary N) is 1. The van der Waals surface area contributed by atoms with Crippen LogP contribution in [0.15, 0.2) is 24.3 Å². The molecule has 2 aromatic rings. The Balaban J connectivity index is 2.25. The van der Waals surface area contributed by atoms with Gasteiger partial charge in [-0.25, -0.2) is 10.8 Å². The highest BCUT2D eigenvalue weighted by molar-refractivity contribution is 7.13. The number of thiazole rings is 1. The molecule has 0 aliphatic rings. The molecule has 0 radical (unpaired) electrons. The van der Waals surface area contributed by atoms with Gasteiger partial charge in [-0.2, -0.15) is 0 Å². The normalized spacial score (nSPS) is 10.7. The number of benzene rings is 1. The molecule has 1 amide bonds. The number of methoxy groups -OCH3 is 1. The number of hydrogen-bond donors (Lipinski definition) is 2. The molecule has 6 heteroatoms. The minimum absolute atomic E-state index is 0.179. The lowest BCUT2D eigenvalue weighted by molar-refractivity contribution is 0.0956. The van der Waals surface area contributed by atoms with E-state index in [1.807, 2.05) is 38.1 Å². The first-order chi connectivity index (χ1) is 10.0. The first-order valence-electron chi connectivity index (χ1n) is 6.68. The molecule has 0 fully saturated rings. The summed E-state index contributed by atoms with van der Waals surface area (Å²) in [5.41, 5.74) is 4.11. The molecule has 21 heavy (non-hydrogen) atoms. The van der Waals surface area contributed by atoms with Crippen LogP contribution in [0.2, 0.25) is 0 Å². The Morgan fingerprint density at radius 1 is 1.38 bits per heavy atom. The molecule has 0 aliphatic heterocycles. The SMILES string of the molecule is COc1ccc(Cc2nc(C(C)C)c(C(=O)NN)s2)cc1. The molecule has 0 bridgehead atoms. The van der Waals surface area contributed by atoms with Crippen LogP contribution in [0.3, 0.4) is 0 Å². The number of amides is 1. The fourth-order valence-electron chi connectivity index (χ4n) is 1.99. The lowest BCUT2D eigenvalue weighted by atomic mass is 10.1. The minimum atomic E-state index is -0.280. The molecule has 112 valence electrons. The Bertz CT molecular complexity index is 620. The van der Waals surface area contributed by atoms with Gasteiger partial charge >= 0.3 is 0 Å². The van der Waals surface area contributed by atoms with Crippen molar-refractivity contribution in [1.29, 1.82) is 0 Å². The van der Waals surface area contributed by atoms with Crippen molar-refractivity contribution in [2.24, 2.45) is 5.84 Å². The number of hydrazine groups is 1. The van der Waals surface area contributed by atoms with Crippen LogP contribution >= 0.6 is 11.3 Å². The van der Waals surface area contributed by atoms with Gasteiger partial charge in [0, 0.05) is 6.42 Å². The highest BCUT2D eigenvalue weighted by Crippen LogP contribution is 2.27. The number of nitrogen functional groups attached to an aromatic ring is 1. The molecule has 0 spiro atoms. The molecule has 1 heterocycles. The van der Waals surface area contributed by atoms with Gasteiger partial charge in [-0.15, -0.1) is 11.3 Å². The summed E-state index contributed by atoms with van der Waals surface area (Å²) < 4.78 is 5.14. The van der Waals surface area contributed by atoms with Crippen molar-refractivity contribution in [1.82, 2.24) is 10.4 Å². The van der Waals surface area contributed by atoms with E-state index in [-0.39, 0.29) is 11.8 Å². The average molecular weight is 305 g/mol. The second-order valence-electron chi connectivity index (χ2n) is 4.97. The topological polar surface area (TPSA) is 77.2 Å². The van der Waals surface area contributed by atoms with Crippen LogP contribution in [0, 0.1) is 0 Å². The van der Waals surface area contributed by atoms with Crippen LogP contribution in [0.5, 0.6) is 5.75 Å². The fourth-order valence-corrected chi connectivity index (χ4v) is 3.15. The molecule has 0 saturated carbocycles. The Morgan fingerprint density at radius 2 is 2.05 bits per heavy atom. The number of ether oxygens (including phenoxy) is 1. The van der Waals surface area contributed by atoms with Crippen LogP contribution < -0.4 is 16.0 Å². The first kappa shape index (κ1) is 15.5. The summed E-state index contributed by atoms with van der Waals surface area (Å²) in [6.45, 7) is 4.03. The molecule has 1 aromatic heterocycles. The third-order valence-electron chi connectivity index (χ3n) is 3.10. The van der Waals surface area contributed by atoms with Gasteiger partial charge < -0.3 is 4.74 Å². The second-order valence-corrected chi connectivity index (χ2v) is 6.06. The number of nitrogens with one attached hydrogen (secondary N) is 1. The lowest BCUT2D eigenvalue weighted by Crippen LogP contribution is -2.30. The van der Waals surface area contributed by atoms with E-state index in [4.69, 9.17) is 10.6 Å². The van der Waals surface area contributed by atoms with E-state index in [9.17, 15) is 4.79 Å². The number of hydrogen-bond acceptors (Lipinski definition) is 5. The Hall–Kier alpha value is -1.92. The molecular formula is C15H19N3O2S. The quantitative estimate of drug-likeness (QED) is 0.505. The number of nitrogens with zero attached hydrogens (tertiary/aromatic N) is 1. The van der Waals surface area contributed by atoms with Gasteiger partial charge in [0.15, 0.2) is 0 Å². The van der Waals surface area contributed by atoms with Crippen molar-refractivity contribution >= 4 is 17.2 Å². The van der Waals surface area contributed by atoms with Gasteiger partial charge in [-0.3, -0.25) is 10.2 Å². The number of carbonyl (C=O) groups excluding carboxylic acids is 1. The molecule has 2 rings (SSSR count). The van der Waals surface area contributed by atoms with Crippen molar-refractivity contribution in [2.75, 3.05) is 7.11 Å². The maximum atomic E-state index is 11.8. The summed E-state index contributed by atoms with van der Waals surface area (Å²) >= 11 is 1.39. The summed E-state index contributed by atoms with van der Waals surface area (Å²) in [6, 6.07) is 7.83. The first-order valence-corrected chi connectivity index (χ1v) is 7.50. The van der Waals surface area contributed by atoms with E-state index in [1.54, 1.807) is 7.11 Å². The predicted molar refractivity (Wildman–Crippen MR) is 83.7 cm³/mol. The van der Waals surface area contributed by atoms with E-state index in [1.165, 1.54) is 11.3 Å². The molecule has 0 unspecified atom stereocenters. The highest BCUT2D eigenvalue weighted by Gasteiger charge is 2.19. The van der Waals surface area contributed by atoms with E-state index < -0.39 is 0 Å². The number of carbonyl (C=O) groups is 1. The van der Waals surface area contributed by atoms with E-state index in [2.05, 4.69) is 10.4 Å². The third-order valence-corrected chi connectivity index (χ3v) is 4.17. The van der Waals surface area contributed by atoms with E-state index >= 15 is 0 Å². The zero-order valence-electron chi connectivity index (χ0n) is 12.3. The lowest BCUT2D eigenvalue weighted by Gasteiger charge is -2.03. The second kappa shape index (κ2) is 6.69. The molecule has 0 saturated heterocycles. The smallest absolute Gasteiger partial charge is 0.277 e. The van der Waals surface area contributed by atoms with Crippen LogP contribution in [-0.4, -0.2) is 18.0 Å². The number of aromatic nitrogens is 1. The maximum Gasteiger partial charge on any atom is 0.277 e. The van der Waals surface area contributed by atoms with Crippen LogP contribution in [0.4, 0.5) is 0 Å². The predicted octanol–water partition coefficient (Wildman–Crippen LogP) is 2.47. The van der Waals surface area contributed by atoms with Crippen LogP contribution in [0.1, 0.15) is 45.7 Å². The van der Waals surface area contributed by atoms with Crippen molar-refractivity contribution in [3.8, 4) is 5.75 Å². The van der Waals surface area contributed by atoms with E-state index in [0.717, 1.165) is 22.0 Å². The molecule has 0 aliphatic carbocycles. The Morgan fingerprint density at radius 3 is 2.57 bits per heavy atom. The van der Waals surface area contributed by atoms with Crippen LogP contribution in [-0.2, 0) is 6.42 Å². The monoisotopic (exact) mass is 305 g/mol. The van der Waals surface area contributed by atoms with E-state index in [0.29, 0.717) is 11.3 Å². The van der Waals surface area contributed by atoms with Gasteiger partial charge in [0.25, 0.3) is 5.91 Å². The average Bonchev–Trinajstić information content (AvgIpc) is 2.91. The Labute approximate surface area is 128 Å². The zero-order chi connectivity index (χ0) is 15.4. The largest absolute Gasteiger partial charge is 0.497 e. The van der Waals surface area contributed by atoms with Crippen molar-refractivity contribution < 1.29 is 9.53 Å². The van der Waals surface area contributed by atoms with Crippen LogP contribution in [0.25, 0.3) is 0 Å². The van der Waals surface area contributed by atoms with Crippen molar-refractivity contribution in [3.63, 3.8) is 0 Å². The summed E-state index contributed by atoms with van der Waals surface area (Å²) in [5, 5.41) is 0.905. The van der Waals surface area contributed by atoms with Gasteiger partial charge in [0.05, 0.1) is 17.8 Å². The Kier molecular flexibility index (Phi) is 4.93. The molecule has 1 aromatic carbocycles. The van der Waals surface area contributed by atoms with Gasteiger partial charge in [-0.1, -0.05) is 26.0 Å². The summed E-state index contributed by atoms with van der Waals surface area (Å²) in [4.78, 5) is 17.0. The van der Waals surface area contributed by atoms with Gasteiger partial charge in [0.1, 0.15) is 10.6 Å². The summed E-state index contributed by atoms with van der Waals surface area (Å²) in [7, 11) is 1.64. The van der Waals surface area contributed by atoms with Crippen molar-refractivity contribution in [2.45, 2.75) is 26.2 Å². The van der Waals surface area contributed by atoms with Gasteiger partial charge in [-0.05, 0) is 23.6 Å². The minimum Gasteiger partial charge on any atom is -0.497 e. The molecule has 0 atom stereocenters.